The molecule has 0 saturated heterocycles. The first-order valence-corrected chi connectivity index (χ1v) is 6.59. The van der Waals surface area contributed by atoms with E-state index in [9.17, 15) is 5.26 Å². The van der Waals surface area contributed by atoms with Crippen LogP contribution in [0.1, 0.15) is 37.9 Å². The quantitative estimate of drug-likeness (QED) is 0.816. The Morgan fingerprint density at radius 1 is 1.26 bits per heavy atom. The lowest BCUT2D eigenvalue weighted by atomic mass is 9.86. The van der Waals surface area contributed by atoms with Crippen LogP contribution in [-0.4, -0.2) is 32.2 Å². The SMILES string of the molecule is COCCN(C)C(C#N)c1ccc(C(C)(C)C)cc1. The molecular weight excluding hydrogens is 236 g/mol. The van der Waals surface area contributed by atoms with Gasteiger partial charge >= 0.3 is 0 Å². The van der Waals surface area contributed by atoms with E-state index in [-0.39, 0.29) is 11.5 Å². The second-order valence-corrected chi connectivity index (χ2v) is 5.88. The molecule has 0 bridgehead atoms. The molecule has 0 radical (unpaired) electrons. The second kappa shape index (κ2) is 6.70. The molecule has 3 nitrogen and oxygen atoms in total. The van der Waals surface area contributed by atoms with E-state index < -0.39 is 0 Å². The summed E-state index contributed by atoms with van der Waals surface area (Å²) in [5.74, 6) is 0. The molecule has 0 fully saturated rings. The molecule has 0 amide bonds. The Bertz CT molecular complexity index is 426. The van der Waals surface area contributed by atoms with Gasteiger partial charge < -0.3 is 4.74 Å². The molecule has 3 heteroatoms. The highest BCUT2D eigenvalue weighted by Crippen LogP contribution is 2.25. The number of likely N-dealkylation sites (N-methyl/N-ethyl adjacent to an activating group) is 1. The summed E-state index contributed by atoms with van der Waals surface area (Å²) in [5.41, 5.74) is 2.46. The molecule has 1 atom stereocenters. The highest BCUT2D eigenvalue weighted by molar-refractivity contribution is 5.31. The summed E-state index contributed by atoms with van der Waals surface area (Å²) in [6.07, 6.45) is 0. The third-order valence-electron chi connectivity index (χ3n) is 3.30. The summed E-state index contributed by atoms with van der Waals surface area (Å²) in [7, 11) is 3.62. The van der Waals surface area contributed by atoms with Crippen LogP contribution < -0.4 is 0 Å². The van der Waals surface area contributed by atoms with E-state index in [0.717, 1.165) is 12.1 Å². The molecule has 0 saturated carbocycles. The number of ether oxygens (including phenoxy) is 1. The first-order valence-electron chi connectivity index (χ1n) is 6.59. The lowest BCUT2D eigenvalue weighted by molar-refractivity contribution is 0.151. The van der Waals surface area contributed by atoms with Gasteiger partial charge in [0, 0.05) is 13.7 Å². The van der Waals surface area contributed by atoms with Crippen molar-refractivity contribution >= 4 is 0 Å². The van der Waals surface area contributed by atoms with Gasteiger partial charge in [0.1, 0.15) is 6.04 Å². The van der Waals surface area contributed by atoms with Crippen LogP contribution in [0.2, 0.25) is 0 Å². The van der Waals surface area contributed by atoms with E-state index in [1.165, 1.54) is 5.56 Å². The predicted octanol–water partition coefficient (Wildman–Crippen LogP) is 3.13. The normalized spacial score (nSPS) is 13.3. The molecule has 0 aliphatic rings. The third-order valence-corrected chi connectivity index (χ3v) is 3.30. The van der Waals surface area contributed by atoms with Crippen molar-refractivity contribution in [3.63, 3.8) is 0 Å². The van der Waals surface area contributed by atoms with Crippen LogP contribution in [-0.2, 0) is 10.2 Å². The van der Waals surface area contributed by atoms with E-state index in [1.807, 2.05) is 11.9 Å². The van der Waals surface area contributed by atoms with E-state index in [0.29, 0.717) is 6.61 Å². The number of benzene rings is 1. The van der Waals surface area contributed by atoms with Gasteiger partial charge in [0.05, 0.1) is 12.7 Å². The standard InChI is InChI=1S/C16H24N2O/c1-16(2,3)14-8-6-13(7-9-14)15(12-17)18(4)10-11-19-5/h6-9,15H,10-11H2,1-5H3. The van der Waals surface area contributed by atoms with Gasteiger partial charge in [0.15, 0.2) is 0 Å². The highest BCUT2D eigenvalue weighted by atomic mass is 16.5. The van der Waals surface area contributed by atoms with Gasteiger partial charge in [-0.2, -0.15) is 5.26 Å². The van der Waals surface area contributed by atoms with Crippen LogP contribution in [0, 0.1) is 11.3 Å². The topological polar surface area (TPSA) is 36.3 Å². The number of hydrogen-bond acceptors (Lipinski definition) is 3. The van der Waals surface area contributed by atoms with Crippen molar-refractivity contribution < 1.29 is 4.74 Å². The number of nitriles is 1. The first-order chi connectivity index (χ1) is 8.90. The fourth-order valence-electron chi connectivity index (χ4n) is 1.96. The van der Waals surface area contributed by atoms with Crippen molar-refractivity contribution in [2.75, 3.05) is 27.3 Å². The lowest BCUT2D eigenvalue weighted by Gasteiger charge is -2.24. The summed E-state index contributed by atoms with van der Waals surface area (Å²) in [6, 6.07) is 10.5. The van der Waals surface area contributed by atoms with Gasteiger partial charge in [0.2, 0.25) is 0 Å². The molecule has 1 aromatic rings. The van der Waals surface area contributed by atoms with Crippen molar-refractivity contribution in [3.8, 4) is 6.07 Å². The smallest absolute Gasteiger partial charge is 0.123 e. The van der Waals surface area contributed by atoms with Crippen molar-refractivity contribution in [2.24, 2.45) is 0 Å². The van der Waals surface area contributed by atoms with Crippen molar-refractivity contribution in [3.05, 3.63) is 35.4 Å². The van der Waals surface area contributed by atoms with E-state index >= 15 is 0 Å². The average Bonchev–Trinajstić information content (AvgIpc) is 2.37. The Hall–Kier alpha value is -1.37. The van der Waals surface area contributed by atoms with Crippen molar-refractivity contribution in [1.82, 2.24) is 4.90 Å². The Labute approximate surface area is 116 Å². The molecule has 0 aliphatic heterocycles. The first kappa shape index (κ1) is 15.7. The minimum Gasteiger partial charge on any atom is -0.383 e. The molecular formula is C16H24N2O. The van der Waals surface area contributed by atoms with Gasteiger partial charge in [0.25, 0.3) is 0 Å². The lowest BCUT2D eigenvalue weighted by Crippen LogP contribution is -2.27. The minimum atomic E-state index is -0.218. The average molecular weight is 260 g/mol. The van der Waals surface area contributed by atoms with Crippen LogP contribution in [0.25, 0.3) is 0 Å². The summed E-state index contributed by atoms with van der Waals surface area (Å²) >= 11 is 0. The summed E-state index contributed by atoms with van der Waals surface area (Å²) < 4.78 is 5.06. The van der Waals surface area contributed by atoms with Crippen LogP contribution in [0.3, 0.4) is 0 Å². The molecule has 0 spiro atoms. The van der Waals surface area contributed by atoms with E-state index in [2.05, 4.69) is 51.1 Å². The summed E-state index contributed by atoms with van der Waals surface area (Å²) in [6.45, 7) is 7.95. The number of nitrogens with zero attached hydrogens (tertiary/aromatic N) is 2. The maximum Gasteiger partial charge on any atom is 0.123 e. The van der Waals surface area contributed by atoms with Crippen LogP contribution in [0.5, 0.6) is 0 Å². The molecule has 0 aliphatic carbocycles. The molecule has 104 valence electrons. The molecule has 1 unspecified atom stereocenters. The molecule has 0 heterocycles. The van der Waals surface area contributed by atoms with Gasteiger partial charge in [-0.05, 0) is 23.6 Å². The van der Waals surface area contributed by atoms with Gasteiger partial charge in [-0.25, -0.2) is 0 Å². The zero-order valence-corrected chi connectivity index (χ0v) is 12.6. The Morgan fingerprint density at radius 3 is 2.26 bits per heavy atom. The van der Waals surface area contributed by atoms with Crippen LogP contribution in [0.15, 0.2) is 24.3 Å². The largest absolute Gasteiger partial charge is 0.383 e. The fourth-order valence-corrected chi connectivity index (χ4v) is 1.96. The second-order valence-electron chi connectivity index (χ2n) is 5.88. The third kappa shape index (κ3) is 4.34. The number of rotatable bonds is 5. The summed E-state index contributed by atoms with van der Waals surface area (Å²) in [5, 5.41) is 9.35. The monoisotopic (exact) mass is 260 g/mol. The summed E-state index contributed by atoms with van der Waals surface area (Å²) in [4.78, 5) is 2.01. The van der Waals surface area contributed by atoms with E-state index in [4.69, 9.17) is 4.74 Å². The molecule has 1 rings (SSSR count). The zero-order chi connectivity index (χ0) is 14.5. The highest BCUT2D eigenvalue weighted by Gasteiger charge is 2.18. The van der Waals surface area contributed by atoms with Crippen LogP contribution >= 0.6 is 0 Å². The van der Waals surface area contributed by atoms with Crippen molar-refractivity contribution in [2.45, 2.75) is 32.2 Å². The minimum absolute atomic E-state index is 0.141. The van der Waals surface area contributed by atoms with Crippen molar-refractivity contribution in [1.29, 1.82) is 5.26 Å². The Balaban J connectivity index is 2.86. The maximum absolute atomic E-state index is 9.35. The predicted molar refractivity (Wildman–Crippen MR) is 78.0 cm³/mol. The van der Waals surface area contributed by atoms with Gasteiger partial charge in [-0.3, -0.25) is 4.90 Å². The van der Waals surface area contributed by atoms with E-state index in [1.54, 1.807) is 7.11 Å². The molecule has 1 aromatic carbocycles. The number of methoxy groups -OCH3 is 1. The molecule has 0 N–H and O–H groups in total. The Morgan fingerprint density at radius 2 is 1.84 bits per heavy atom. The van der Waals surface area contributed by atoms with Gasteiger partial charge in [-0.1, -0.05) is 45.0 Å². The molecule has 0 aromatic heterocycles. The van der Waals surface area contributed by atoms with Crippen LogP contribution in [0.4, 0.5) is 0 Å². The molecule has 19 heavy (non-hydrogen) atoms. The van der Waals surface area contributed by atoms with Gasteiger partial charge in [-0.15, -0.1) is 0 Å². The fraction of sp³-hybridized carbons (Fsp3) is 0.562. The zero-order valence-electron chi connectivity index (χ0n) is 12.6. The Kier molecular flexibility index (Phi) is 5.53. The number of hydrogen-bond donors (Lipinski definition) is 0. The maximum atomic E-state index is 9.35.